The fourth-order valence-corrected chi connectivity index (χ4v) is 2.57. The van der Waals surface area contributed by atoms with E-state index >= 15 is 0 Å². The predicted molar refractivity (Wildman–Crippen MR) is 102 cm³/mol. The van der Waals surface area contributed by atoms with Crippen LogP contribution in [-0.4, -0.2) is 13.2 Å². The fourth-order valence-electron chi connectivity index (χ4n) is 2.57. The lowest BCUT2D eigenvalue weighted by Crippen LogP contribution is -2.15. The molecule has 0 saturated heterocycles. The molecule has 2 heteroatoms. The molecule has 1 aliphatic rings. The first-order chi connectivity index (χ1) is 12.9. The summed E-state index contributed by atoms with van der Waals surface area (Å²) in [5.74, 6) is 14.2. The highest BCUT2D eigenvalue weighted by Gasteiger charge is 2.10. The molecule has 0 atom stereocenters. The molecule has 4 rings (SSSR count). The molecule has 0 fully saturated rings. The first kappa shape index (κ1) is 15.9. The van der Waals surface area contributed by atoms with Crippen molar-refractivity contribution in [1.82, 2.24) is 0 Å². The first-order valence-corrected chi connectivity index (χ1v) is 8.46. The van der Waals surface area contributed by atoms with Gasteiger partial charge in [0.05, 0.1) is 0 Å². The zero-order valence-electron chi connectivity index (χ0n) is 14.2. The van der Waals surface area contributed by atoms with Gasteiger partial charge in [-0.2, -0.15) is 0 Å². The second-order valence-electron chi connectivity index (χ2n) is 5.80. The molecular weight excluding hydrogens is 320 g/mol. The minimum Gasteiger partial charge on any atom is -0.486 e. The molecular formula is C24H16O2. The van der Waals surface area contributed by atoms with Crippen LogP contribution in [0.3, 0.4) is 0 Å². The highest BCUT2D eigenvalue weighted by Crippen LogP contribution is 2.30. The minimum absolute atomic E-state index is 0.579. The Labute approximate surface area is 153 Å². The number of hydrogen-bond donors (Lipinski definition) is 0. The van der Waals surface area contributed by atoms with Crippen LogP contribution in [0, 0.1) is 23.7 Å². The maximum absolute atomic E-state index is 5.59. The zero-order chi connectivity index (χ0) is 17.6. The van der Waals surface area contributed by atoms with E-state index in [0.717, 1.165) is 33.8 Å². The van der Waals surface area contributed by atoms with Crippen LogP contribution in [0.1, 0.15) is 22.3 Å². The highest BCUT2D eigenvalue weighted by molar-refractivity contribution is 5.52. The van der Waals surface area contributed by atoms with Gasteiger partial charge in [-0.25, -0.2) is 0 Å². The monoisotopic (exact) mass is 336 g/mol. The molecule has 0 N–H and O–H groups in total. The topological polar surface area (TPSA) is 18.5 Å². The summed E-state index contributed by atoms with van der Waals surface area (Å²) in [4.78, 5) is 0. The molecule has 1 heterocycles. The van der Waals surface area contributed by atoms with E-state index < -0.39 is 0 Å². The maximum Gasteiger partial charge on any atom is 0.162 e. The van der Waals surface area contributed by atoms with Gasteiger partial charge in [-0.15, -0.1) is 0 Å². The molecule has 2 nitrogen and oxygen atoms in total. The molecule has 0 amide bonds. The van der Waals surface area contributed by atoms with Gasteiger partial charge in [0.25, 0.3) is 0 Å². The smallest absolute Gasteiger partial charge is 0.162 e. The van der Waals surface area contributed by atoms with E-state index in [9.17, 15) is 0 Å². The normalized spacial score (nSPS) is 11.5. The molecule has 1 aliphatic heterocycles. The highest BCUT2D eigenvalue weighted by atomic mass is 16.6. The summed E-state index contributed by atoms with van der Waals surface area (Å²) >= 11 is 0. The van der Waals surface area contributed by atoms with Crippen molar-refractivity contribution in [2.45, 2.75) is 0 Å². The second-order valence-corrected chi connectivity index (χ2v) is 5.80. The Bertz CT molecular complexity index is 1030. The van der Waals surface area contributed by atoms with E-state index in [1.807, 2.05) is 72.8 Å². The van der Waals surface area contributed by atoms with E-state index in [4.69, 9.17) is 9.47 Å². The number of fused-ring (bicyclic) bond motifs is 1. The van der Waals surface area contributed by atoms with Crippen molar-refractivity contribution in [3.63, 3.8) is 0 Å². The Morgan fingerprint density at radius 3 is 1.65 bits per heavy atom. The van der Waals surface area contributed by atoms with Crippen LogP contribution >= 0.6 is 0 Å². The summed E-state index contributed by atoms with van der Waals surface area (Å²) in [5, 5.41) is 0. The molecule has 0 bridgehead atoms. The molecule has 3 aromatic rings. The van der Waals surface area contributed by atoms with Gasteiger partial charge in [0, 0.05) is 22.3 Å². The Morgan fingerprint density at radius 2 is 1.00 bits per heavy atom. The van der Waals surface area contributed by atoms with E-state index in [-0.39, 0.29) is 0 Å². The quantitative estimate of drug-likeness (QED) is 0.571. The second kappa shape index (κ2) is 7.51. The van der Waals surface area contributed by atoms with Crippen molar-refractivity contribution in [1.29, 1.82) is 0 Å². The van der Waals surface area contributed by atoms with Crippen molar-refractivity contribution in [2.75, 3.05) is 13.2 Å². The van der Waals surface area contributed by atoms with Crippen LogP contribution < -0.4 is 9.47 Å². The standard InChI is InChI=1S/C24H16O2/c1-2-4-19(5-3-1)6-7-20-8-10-21(11-9-20)12-13-22-14-15-23-24(18-22)26-17-16-25-23/h1-5,8-11,14-15,18H,16-17H2. The first-order valence-electron chi connectivity index (χ1n) is 8.46. The minimum atomic E-state index is 0.579. The molecule has 0 saturated carbocycles. The molecule has 3 aromatic carbocycles. The lowest BCUT2D eigenvalue weighted by molar-refractivity contribution is 0.171. The van der Waals surface area contributed by atoms with Crippen LogP contribution in [0.2, 0.25) is 0 Å². The number of benzene rings is 3. The molecule has 0 radical (unpaired) electrons. The van der Waals surface area contributed by atoms with Gasteiger partial charge in [-0.3, -0.25) is 0 Å². The lowest BCUT2D eigenvalue weighted by atomic mass is 10.1. The van der Waals surface area contributed by atoms with Crippen LogP contribution in [0.4, 0.5) is 0 Å². The average Bonchev–Trinajstić information content (AvgIpc) is 2.72. The van der Waals surface area contributed by atoms with Gasteiger partial charge in [0.15, 0.2) is 11.5 Å². The predicted octanol–water partition coefficient (Wildman–Crippen LogP) is 4.26. The third-order valence-electron chi connectivity index (χ3n) is 3.90. The molecule has 0 aromatic heterocycles. The van der Waals surface area contributed by atoms with E-state index in [1.54, 1.807) is 0 Å². The van der Waals surface area contributed by atoms with Gasteiger partial charge in [-0.05, 0) is 54.6 Å². The van der Waals surface area contributed by atoms with E-state index in [1.165, 1.54) is 0 Å². The van der Waals surface area contributed by atoms with Gasteiger partial charge in [0.1, 0.15) is 13.2 Å². The largest absolute Gasteiger partial charge is 0.486 e. The number of rotatable bonds is 0. The average molecular weight is 336 g/mol. The SMILES string of the molecule is C(#Cc1ccc(C#Cc2ccc3c(c2)OCCO3)cc1)c1ccccc1. The van der Waals surface area contributed by atoms with Crippen molar-refractivity contribution in [3.05, 3.63) is 95.1 Å². The summed E-state index contributed by atoms with van der Waals surface area (Å²) in [7, 11) is 0. The van der Waals surface area contributed by atoms with Gasteiger partial charge in [0.2, 0.25) is 0 Å². The molecule has 26 heavy (non-hydrogen) atoms. The summed E-state index contributed by atoms with van der Waals surface area (Å²) in [6.45, 7) is 1.17. The number of hydrogen-bond acceptors (Lipinski definition) is 2. The number of ether oxygens (including phenoxy) is 2. The summed E-state index contributed by atoms with van der Waals surface area (Å²) < 4.78 is 11.1. The Morgan fingerprint density at radius 1 is 0.500 bits per heavy atom. The third kappa shape index (κ3) is 3.89. The van der Waals surface area contributed by atoms with Gasteiger partial charge >= 0.3 is 0 Å². The molecule has 0 unspecified atom stereocenters. The van der Waals surface area contributed by atoms with Crippen molar-refractivity contribution >= 4 is 0 Å². The van der Waals surface area contributed by atoms with E-state index in [0.29, 0.717) is 13.2 Å². The van der Waals surface area contributed by atoms with Crippen molar-refractivity contribution in [2.24, 2.45) is 0 Å². The lowest BCUT2D eigenvalue weighted by Gasteiger charge is -2.17. The molecule has 0 aliphatic carbocycles. The van der Waals surface area contributed by atoms with Gasteiger partial charge in [-0.1, -0.05) is 41.9 Å². The van der Waals surface area contributed by atoms with Crippen LogP contribution in [-0.2, 0) is 0 Å². The summed E-state index contributed by atoms with van der Waals surface area (Å²) in [6, 6.07) is 23.7. The van der Waals surface area contributed by atoms with E-state index in [2.05, 4.69) is 23.7 Å². The Kier molecular flexibility index (Phi) is 4.59. The third-order valence-corrected chi connectivity index (χ3v) is 3.90. The van der Waals surface area contributed by atoms with Crippen LogP contribution in [0.5, 0.6) is 11.5 Å². The summed E-state index contributed by atoms with van der Waals surface area (Å²) in [5.41, 5.74) is 3.83. The Hall–Kier alpha value is -3.62. The zero-order valence-corrected chi connectivity index (χ0v) is 14.2. The fraction of sp³-hybridized carbons (Fsp3) is 0.0833. The van der Waals surface area contributed by atoms with Crippen LogP contribution in [0.15, 0.2) is 72.8 Å². The molecule has 0 spiro atoms. The van der Waals surface area contributed by atoms with Crippen LogP contribution in [0.25, 0.3) is 0 Å². The van der Waals surface area contributed by atoms with Gasteiger partial charge < -0.3 is 9.47 Å². The Balaban J connectivity index is 1.49. The summed E-state index contributed by atoms with van der Waals surface area (Å²) in [6.07, 6.45) is 0. The molecule has 124 valence electrons. The maximum atomic E-state index is 5.59. The van der Waals surface area contributed by atoms with Crippen molar-refractivity contribution < 1.29 is 9.47 Å². The van der Waals surface area contributed by atoms with Crippen molar-refractivity contribution in [3.8, 4) is 35.2 Å².